The molecular weight excluding hydrogens is 653 g/mol. The van der Waals surface area contributed by atoms with E-state index in [2.05, 4.69) is 134 Å². The average molecular weight is 715 g/mol. The van der Waals surface area contributed by atoms with Crippen molar-refractivity contribution in [2.45, 2.75) is 134 Å². The van der Waals surface area contributed by atoms with E-state index in [1.54, 1.807) is 6.08 Å². The predicted molar refractivity (Wildman–Crippen MR) is 213 cm³/mol. The molecule has 50 heavy (non-hydrogen) atoms. The maximum absolute atomic E-state index is 13.4. The van der Waals surface area contributed by atoms with Gasteiger partial charge < -0.3 is 18.3 Å². The highest BCUT2D eigenvalue weighted by atomic mass is 28.4. The SMILES string of the molecule is C=C1CCC[C@@H]2CC=C[C@@H](C/C=C/C(=O)O[C@H](CO[Si](c3ccccc3)(c3ccccc3)C(C)(C)C)C/C=C/[C@H](O[Si](C)(C)C(C)(C)C)C1)O2. The van der Waals surface area contributed by atoms with Crippen molar-refractivity contribution >= 4 is 33.0 Å². The van der Waals surface area contributed by atoms with Crippen molar-refractivity contribution in [3.05, 3.63) is 109 Å². The first-order valence-electron chi connectivity index (χ1n) is 18.6. The minimum Gasteiger partial charge on any atom is -0.456 e. The zero-order valence-corrected chi connectivity index (χ0v) is 34.0. The molecule has 2 heterocycles. The lowest BCUT2D eigenvalue weighted by atomic mass is 9.99. The third-order valence-electron chi connectivity index (χ3n) is 10.5. The molecule has 0 aliphatic carbocycles. The molecule has 0 spiro atoms. The number of hydrogen-bond acceptors (Lipinski definition) is 5. The van der Waals surface area contributed by atoms with E-state index in [0.29, 0.717) is 12.8 Å². The fourth-order valence-corrected chi connectivity index (χ4v) is 12.6. The minimum atomic E-state index is -2.84. The van der Waals surface area contributed by atoms with Crippen molar-refractivity contribution in [2.75, 3.05) is 6.61 Å². The standard InChI is InChI=1S/C43H62O5Si2/c1-34-20-16-21-35-22-17-23-36(46-35)24-19-31-41(44)47-38(26-18-25-37(32-34)48-49(8,9)42(2,3)4)33-45-50(43(5,6)7,39-27-12-10-13-28-39)40-29-14-11-15-30-40/h10-15,17-19,23,25,27-31,35-38H,1,16,20-22,24,26,32-33H2,2-9H3/b25-18+,31-19+/t35-,36+,37+,38+/m1/s1. The van der Waals surface area contributed by atoms with Crippen LogP contribution in [0, 0.1) is 0 Å². The summed E-state index contributed by atoms with van der Waals surface area (Å²) in [6.07, 6.45) is 17.4. The molecule has 4 rings (SSSR count). The van der Waals surface area contributed by atoms with E-state index in [4.69, 9.17) is 18.3 Å². The van der Waals surface area contributed by atoms with Gasteiger partial charge in [-0.05, 0) is 72.1 Å². The van der Waals surface area contributed by atoms with Crippen LogP contribution in [0.1, 0.15) is 86.5 Å². The van der Waals surface area contributed by atoms with Crippen molar-refractivity contribution in [1.29, 1.82) is 0 Å². The topological polar surface area (TPSA) is 54.0 Å². The van der Waals surface area contributed by atoms with E-state index in [1.807, 2.05) is 18.2 Å². The summed E-state index contributed by atoms with van der Waals surface area (Å²) in [4.78, 5) is 13.4. The molecule has 0 unspecified atom stereocenters. The summed E-state index contributed by atoms with van der Waals surface area (Å²) < 4.78 is 26.8. The second-order valence-corrected chi connectivity index (χ2v) is 25.6. The van der Waals surface area contributed by atoms with Crippen LogP contribution in [0.3, 0.4) is 0 Å². The van der Waals surface area contributed by atoms with Crippen LogP contribution in [0.2, 0.25) is 23.2 Å². The minimum absolute atomic E-state index is 0.0422. The van der Waals surface area contributed by atoms with Gasteiger partial charge in [-0.25, -0.2) is 4.79 Å². The number of rotatable bonds is 7. The van der Waals surface area contributed by atoms with Crippen LogP contribution in [-0.4, -0.2) is 53.6 Å². The van der Waals surface area contributed by atoms with Crippen LogP contribution < -0.4 is 10.4 Å². The maximum Gasteiger partial charge on any atom is 0.330 e. The molecule has 4 atom stereocenters. The highest BCUT2D eigenvalue weighted by Gasteiger charge is 2.50. The lowest BCUT2D eigenvalue weighted by Gasteiger charge is -2.43. The second kappa shape index (κ2) is 17.6. The van der Waals surface area contributed by atoms with E-state index in [1.165, 1.54) is 15.9 Å². The third-order valence-corrected chi connectivity index (χ3v) is 20.0. The predicted octanol–water partition coefficient (Wildman–Crippen LogP) is 9.60. The molecule has 5 nitrogen and oxygen atoms in total. The van der Waals surface area contributed by atoms with Crippen LogP contribution in [0.5, 0.6) is 0 Å². The van der Waals surface area contributed by atoms with Gasteiger partial charge in [0, 0.05) is 12.5 Å². The largest absolute Gasteiger partial charge is 0.456 e. The first-order chi connectivity index (χ1) is 23.6. The van der Waals surface area contributed by atoms with Gasteiger partial charge in [0.25, 0.3) is 8.32 Å². The first-order valence-corrected chi connectivity index (χ1v) is 23.4. The van der Waals surface area contributed by atoms with Gasteiger partial charge >= 0.3 is 5.97 Å². The third kappa shape index (κ3) is 10.8. The number of ether oxygens (including phenoxy) is 2. The molecule has 2 aromatic rings. The molecule has 2 aliphatic heterocycles. The number of fused-ring (bicyclic) bond motifs is 2. The Morgan fingerprint density at radius 2 is 1.44 bits per heavy atom. The Kier molecular flexibility index (Phi) is 14.1. The lowest BCUT2D eigenvalue weighted by Crippen LogP contribution is -2.67. The molecule has 2 aromatic carbocycles. The summed E-state index contributed by atoms with van der Waals surface area (Å²) in [5.41, 5.74) is 1.20. The Morgan fingerprint density at radius 3 is 2.04 bits per heavy atom. The van der Waals surface area contributed by atoms with E-state index in [9.17, 15) is 4.79 Å². The maximum atomic E-state index is 13.4. The number of carbonyl (C=O) groups excluding carboxylic acids is 1. The van der Waals surface area contributed by atoms with Crippen LogP contribution in [0.4, 0.5) is 0 Å². The lowest BCUT2D eigenvalue weighted by molar-refractivity contribution is -0.144. The Balaban J connectivity index is 1.67. The smallest absolute Gasteiger partial charge is 0.330 e. The molecule has 0 fully saturated rings. The van der Waals surface area contributed by atoms with Crippen molar-refractivity contribution in [3.63, 3.8) is 0 Å². The Morgan fingerprint density at radius 1 is 0.820 bits per heavy atom. The zero-order chi connectivity index (χ0) is 36.4. The molecule has 0 saturated heterocycles. The van der Waals surface area contributed by atoms with E-state index in [0.717, 1.165) is 32.1 Å². The van der Waals surface area contributed by atoms with Crippen LogP contribution in [0.25, 0.3) is 0 Å². The Hall–Kier alpha value is -2.82. The molecule has 272 valence electrons. The van der Waals surface area contributed by atoms with Crippen molar-refractivity contribution < 1.29 is 23.1 Å². The van der Waals surface area contributed by atoms with Gasteiger partial charge in [-0.2, -0.15) is 0 Å². The molecule has 7 heteroatoms. The zero-order valence-electron chi connectivity index (χ0n) is 32.0. The number of benzene rings is 2. The monoisotopic (exact) mass is 714 g/mol. The van der Waals surface area contributed by atoms with Crippen molar-refractivity contribution in [1.82, 2.24) is 0 Å². The summed E-state index contributed by atoms with van der Waals surface area (Å²) in [6.45, 7) is 23.0. The summed E-state index contributed by atoms with van der Waals surface area (Å²) in [5.74, 6) is -0.366. The van der Waals surface area contributed by atoms with E-state index in [-0.39, 0.29) is 41.0 Å². The number of hydrogen-bond donors (Lipinski definition) is 0. The summed E-state index contributed by atoms with van der Waals surface area (Å²) in [5, 5.41) is 2.27. The number of esters is 1. The van der Waals surface area contributed by atoms with Gasteiger partial charge in [-0.1, -0.05) is 145 Å². The van der Waals surface area contributed by atoms with E-state index < -0.39 is 22.7 Å². The van der Waals surface area contributed by atoms with Crippen molar-refractivity contribution in [3.8, 4) is 0 Å². The van der Waals surface area contributed by atoms with Gasteiger partial charge in [-0.3, -0.25) is 0 Å². The van der Waals surface area contributed by atoms with Crippen LogP contribution >= 0.6 is 0 Å². The second-order valence-electron chi connectivity index (χ2n) is 16.6. The number of carbonyl (C=O) groups is 1. The van der Waals surface area contributed by atoms with Gasteiger partial charge in [0.2, 0.25) is 0 Å². The Bertz CT molecular complexity index is 1430. The van der Waals surface area contributed by atoms with Gasteiger partial charge in [-0.15, -0.1) is 0 Å². The Labute approximate surface area is 305 Å². The van der Waals surface area contributed by atoms with Crippen LogP contribution in [-0.2, 0) is 23.1 Å². The molecule has 2 bridgehead atoms. The molecular formula is C43H62O5Si2. The normalized spacial score (nSPS) is 24.9. The van der Waals surface area contributed by atoms with Crippen molar-refractivity contribution in [2.24, 2.45) is 0 Å². The fourth-order valence-electron chi connectivity index (χ4n) is 6.73. The summed E-state index contributed by atoms with van der Waals surface area (Å²) in [7, 11) is -4.91. The first kappa shape index (κ1) is 40.0. The van der Waals surface area contributed by atoms with Gasteiger partial charge in [0.15, 0.2) is 8.32 Å². The average Bonchev–Trinajstić information content (AvgIpc) is 3.04. The molecule has 0 saturated carbocycles. The molecule has 0 amide bonds. The molecule has 0 radical (unpaired) electrons. The molecule has 2 aliphatic rings. The van der Waals surface area contributed by atoms with Gasteiger partial charge in [0.1, 0.15) is 6.10 Å². The van der Waals surface area contributed by atoms with Crippen LogP contribution in [0.15, 0.2) is 109 Å². The van der Waals surface area contributed by atoms with Gasteiger partial charge in [0.05, 0.1) is 24.9 Å². The molecule has 0 aromatic heterocycles. The summed E-state index contributed by atoms with van der Waals surface area (Å²) >= 11 is 0. The summed E-state index contributed by atoms with van der Waals surface area (Å²) in [6, 6.07) is 21.2. The highest BCUT2D eigenvalue weighted by molar-refractivity contribution is 6.99. The quantitative estimate of drug-likeness (QED) is 0.163. The fraction of sp³-hybridized carbons (Fsp3) is 0.512. The molecule has 0 N–H and O–H groups in total. The number of cyclic esters (lactones) is 1. The van der Waals surface area contributed by atoms with E-state index >= 15 is 0 Å². The highest BCUT2D eigenvalue weighted by Crippen LogP contribution is 2.39.